The summed E-state index contributed by atoms with van der Waals surface area (Å²) in [6, 6.07) is 10.6. The van der Waals surface area contributed by atoms with Crippen LogP contribution in [0.15, 0.2) is 48.8 Å². The van der Waals surface area contributed by atoms with Gasteiger partial charge in [-0.2, -0.15) is 0 Å². The summed E-state index contributed by atoms with van der Waals surface area (Å²) >= 11 is 0. The zero-order valence-corrected chi connectivity index (χ0v) is 15.2. The van der Waals surface area contributed by atoms with Gasteiger partial charge in [-0.3, -0.25) is 9.78 Å². The number of pyridine rings is 1. The second-order valence-corrected chi connectivity index (χ2v) is 7.15. The van der Waals surface area contributed by atoms with Gasteiger partial charge in [-0.05, 0) is 30.2 Å². The summed E-state index contributed by atoms with van der Waals surface area (Å²) in [7, 11) is 0. The summed E-state index contributed by atoms with van der Waals surface area (Å²) in [5.41, 5.74) is 0.0179. The summed E-state index contributed by atoms with van der Waals surface area (Å²) in [6.07, 6.45) is 2.75. The summed E-state index contributed by atoms with van der Waals surface area (Å²) in [5.74, 6) is 0.921. The molecule has 1 amide bonds. The van der Waals surface area contributed by atoms with Crippen molar-refractivity contribution in [3.63, 3.8) is 0 Å². The number of para-hydroxylation sites is 1. The number of benzene rings is 1. The SMILES string of the molecule is CC(C)C(O)C(C)(C)CNC(=O)c1ccccc1Oc1cccnc1. The van der Waals surface area contributed by atoms with E-state index in [4.69, 9.17) is 4.74 Å². The molecule has 1 unspecified atom stereocenters. The number of aliphatic hydroxyl groups excluding tert-OH is 1. The number of nitrogens with one attached hydrogen (secondary N) is 1. The minimum atomic E-state index is -0.505. The highest BCUT2D eigenvalue weighted by molar-refractivity contribution is 5.97. The fraction of sp³-hybridized carbons (Fsp3) is 0.400. The third kappa shape index (κ3) is 5.03. The molecule has 1 aromatic heterocycles. The van der Waals surface area contributed by atoms with Crippen molar-refractivity contribution >= 4 is 5.91 Å². The van der Waals surface area contributed by atoms with Crippen molar-refractivity contribution < 1.29 is 14.6 Å². The average Bonchev–Trinajstić information content (AvgIpc) is 2.60. The van der Waals surface area contributed by atoms with Crippen LogP contribution in [0.5, 0.6) is 11.5 Å². The first-order chi connectivity index (χ1) is 11.8. The van der Waals surface area contributed by atoms with Gasteiger partial charge in [-0.25, -0.2) is 0 Å². The van der Waals surface area contributed by atoms with Crippen LogP contribution >= 0.6 is 0 Å². The number of hydrogen-bond donors (Lipinski definition) is 2. The van der Waals surface area contributed by atoms with E-state index in [0.717, 1.165) is 0 Å². The lowest BCUT2D eigenvalue weighted by atomic mass is 9.80. The maximum Gasteiger partial charge on any atom is 0.255 e. The van der Waals surface area contributed by atoms with Gasteiger partial charge < -0.3 is 15.2 Å². The lowest BCUT2D eigenvalue weighted by Gasteiger charge is -2.33. The van der Waals surface area contributed by atoms with Crippen molar-refractivity contribution in [2.24, 2.45) is 11.3 Å². The van der Waals surface area contributed by atoms with E-state index in [1.807, 2.05) is 33.8 Å². The van der Waals surface area contributed by atoms with Crippen molar-refractivity contribution in [3.8, 4) is 11.5 Å². The lowest BCUT2D eigenvalue weighted by Crippen LogP contribution is -2.43. The molecule has 0 saturated heterocycles. The Hall–Kier alpha value is -2.40. The van der Waals surface area contributed by atoms with Crippen LogP contribution in [0.4, 0.5) is 0 Å². The molecule has 2 N–H and O–H groups in total. The molecule has 0 spiro atoms. The molecule has 0 saturated carbocycles. The predicted molar refractivity (Wildman–Crippen MR) is 97.7 cm³/mol. The largest absolute Gasteiger partial charge is 0.455 e. The van der Waals surface area contributed by atoms with Gasteiger partial charge >= 0.3 is 0 Å². The fourth-order valence-electron chi connectivity index (χ4n) is 2.69. The Morgan fingerprint density at radius 2 is 1.96 bits per heavy atom. The summed E-state index contributed by atoms with van der Waals surface area (Å²) in [5, 5.41) is 13.2. The molecule has 5 heteroatoms. The van der Waals surface area contributed by atoms with E-state index in [0.29, 0.717) is 23.6 Å². The molecule has 0 aliphatic heterocycles. The molecule has 0 bridgehead atoms. The first-order valence-corrected chi connectivity index (χ1v) is 8.44. The molecule has 134 valence electrons. The Kier molecular flexibility index (Phi) is 6.15. The van der Waals surface area contributed by atoms with E-state index in [1.165, 1.54) is 0 Å². The normalized spacial score (nSPS) is 12.7. The molecule has 0 aliphatic carbocycles. The highest BCUT2D eigenvalue weighted by Gasteiger charge is 2.30. The predicted octanol–water partition coefficient (Wildman–Crippen LogP) is 3.65. The molecular weight excluding hydrogens is 316 g/mol. The van der Waals surface area contributed by atoms with E-state index >= 15 is 0 Å². The molecule has 5 nitrogen and oxygen atoms in total. The number of carbonyl (C=O) groups is 1. The molecule has 0 fully saturated rings. The molecule has 25 heavy (non-hydrogen) atoms. The van der Waals surface area contributed by atoms with E-state index in [1.54, 1.807) is 42.7 Å². The number of amides is 1. The molecule has 2 aromatic rings. The van der Waals surface area contributed by atoms with Crippen molar-refractivity contribution in [3.05, 3.63) is 54.4 Å². The van der Waals surface area contributed by atoms with Crippen LogP contribution in [0, 0.1) is 11.3 Å². The first-order valence-electron chi connectivity index (χ1n) is 8.44. The first kappa shape index (κ1) is 18.9. The van der Waals surface area contributed by atoms with Gasteiger partial charge in [0.1, 0.15) is 11.5 Å². The molecule has 1 atom stereocenters. The lowest BCUT2D eigenvalue weighted by molar-refractivity contribution is 0.0138. The van der Waals surface area contributed by atoms with Gasteiger partial charge in [0.2, 0.25) is 0 Å². The molecule has 0 aliphatic rings. The Morgan fingerprint density at radius 3 is 2.60 bits per heavy atom. The number of carbonyl (C=O) groups excluding carboxylic acids is 1. The zero-order chi connectivity index (χ0) is 18.4. The Bertz CT molecular complexity index is 699. The van der Waals surface area contributed by atoms with Crippen LogP contribution in [0.2, 0.25) is 0 Å². The van der Waals surface area contributed by atoms with Gasteiger partial charge in [0.25, 0.3) is 5.91 Å². The summed E-state index contributed by atoms with van der Waals surface area (Å²) in [4.78, 5) is 16.6. The average molecular weight is 342 g/mol. The van der Waals surface area contributed by atoms with Crippen molar-refractivity contribution in [2.45, 2.75) is 33.8 Å². The van der Waals surface area contributed by atoms with Crippen LogP contribution in [0.3, 0.4) is 0 Å². The smallest absolute Gasteiger partial charge is 0.255 e. The Morgan fingerprint density at radius 1 is 1.24 bits per heavy atom. The highest BCUT2D eigenvalue weighted by Crippen LogP contribution is 2.27. The van der Waals surface area contributed by atoms with Crippen LogP contribution in [-0.2, 0) is 0 Å². The quantitative estimate of drug-likeness (QED) is 0.806. The number of aliphatic hydroxyl groups is 1. The third-order valence-electron chi connectivity index (χ3n) is 4.13. The molecule has 1 heterocycles. The standard InChI is InChI=1S/C20H26N2O3/c1-14(2)18(23)20(3,4)13-22-19(24)16-9-5-6-10-17(16)25-15-8-7-11-21-12-15/h5-12,14,18,23H,13H2,1-4H3,(H,22,24). The second-order valence-electron chi connectivity index (χ2n) is 7.15. The van der Waals surface area contributed by atoms with Gasteiger partial charge in [-0.15, -0.1) is 0 Å². The summed E-state index contributed by atoms with van der Waals surface area (Å²) < 4.78 is 5.78. The second kappa shape index (κ2) is 8.12. The van der Waals surface area contributed by atoms with Crippen molar-refractivity contribution in [2.75, 3.05) is 6.54 Å². The third-order valence-corrected chi connectivity index (χ3v) is 4.13. The molecular formula is C20H26N2O3. The van der Waals surface area contributed by atoms with Crippen molar-refractivity contribution in [1.82, 2.24) is 10.3 Å². The number of nitrogens with zero attached hydrogens (tertiary/aromatic N) is 1. The number of hydrogen-bond acceptors (Lipinski definition) is 4. The monoisotopic (exact) mass is 342 g/mol. The Labute approximate surface area is 149 Å². The number of aromatic nitrogens is 1. The highest BCUT2D eigenvalue weighted by atomic mass is 16.5. The molecule has 1 aromatic carbocycles. The van der Waals surface area contributed by atoms with Crippen LogP contribution in [-0.4, -0.2) is 28.6 Å². The minimum absolute atomic E-state index is 0.119. The minimum Gasteiger partial charge on any atom is -0.455 e. The number of rotatable bonds is 7. The summed E-state index contributed by atoms with van der Waals surface area (Å²) in [6.45, 7) is 8.18. The van der Waals surface area contributed by atoms with Crippen LogP contribution < -0.4 is 10.1 Å². The Balaban J connectivity index is 2.10. The van der Waals surface area contributed by atoms with E-state index in [2.05, 4.69) is 10.3 Å². The van der Waals surface area contributed by atoms with E-state index in [-0.39, 0.29) is 11.8 Å². The van der Waals surface area contributed by atoms with Crippen LogP contribution in [0.25, 0.3) is 0 Å². The van der Waals surface area contributed by atoms with Crippen LogP contribution in [0.1, 0.15) is 38.1 Å². The molecule has 2 rings (SSSR count). The van der Waals surface area contributed by atoms with Gasteiger partial charge in [0.05, 0.1) is 17.9 Å². The van der Waals surface area contributed by atoms with Crippen molar-refractivity contribution in [1.29, 1.82) is 0 Å². The maximum absolute atomic E-state index is 12.6. The topological polar surface area (TPSA) is 71.5 Å². The fourth-order valence-corrected chi connectivity index (χ4v) is 2.69. The van der Waals surface area contributed by atoms with E-state index < -0.39 is 11.5 Å². The van der Waals surface area contributed by atoms with Gasteiger partial charge in [-0.1, -0.05) is 39.8 Å². The van der Waals surface area contributed by atoms with E-state index in [9.17, 15) is 9.90 Å². The van der Waals surface area contributed by atoms with Gasteiger partial charge in [0.15, 0.2) is 0 Å². The van der Waals surface area contributed by atoms with Gasteiger partial charge in [0, 0.05) is 18.2 Å². The maximum atomic E-state index is 12.6. The number of ether oxygens (including phenoxy) is 1. The molecule has 0 radical (unpaired) electrons. The zero-order valence-electron chi connectivity index (χ0n) is 15.2.